The molecule has 0 aliphatic rings. The molecule has 5 nitrogen and oxygen atoms in total. The van der Waals surface area contributed by atoms with Crippen LogP contribution in [0.3, 0.4) is 0 Å². The van der Waals surface area contributed by atoms with E-state index in [0.717, 1.165) is 11.4 Å². The van der Waals surface area contributed by atoms with Crippen LogP contribution in [0.5, 0.6) is 0 Å². The maximum atomic E-state index is 8.83. The maximum absolute atomic E-state index is 8.83. The Bertz CT molecular complexity index is 596. The molecule has 1 N–H and O–H groups in total. The average Bonchev–Trinajstić information content (AvgIpc) is 2.56. The third-order valence-corrected chi connectivity index (χ3v) is 2.39. The van der Waals surface area contributed by atoms with Crippen molar-refractivity contribution in [3.63, 3.8) is 0 Å². The van der Waals surface area contributed by atoms with E-state index in [1.165, 1.54) is 6.07 Å². The largest absolute Gasteiger partial charge is 0.337 e. The van der Waals surface area contributed by atoms with Gasteiger partial charge < -0.3 is 5.32 Å². The quantitative estimate of drug-likeness (QED) is 0.828. The van der Waals surface area contributed by atoms with Crippen molar-refractivity contribution in [1.29, 1.82) is 5.26 Å². The van der Waals surface area contributed by atoms with Crippen molar-refractivity contribution < 1.29 is 0 Å². The first-order valence-corrected chi connectivity index (χ1v) is 5.31. The number of nitrogens with zero attached hydrogens (tertiary/aromatic N) is 4. The molecule has 2 rings (SSSR count). The molecule has 0 aliphatic heterocycles. The molecule has 0 aliphatic carbocycles. The van der Waals surface area contributed by atoms with Crippen molar-refractivity contribution in [3.8, 4) is 6.07 Å². The Balaban J connectivity index is 2.33. The summed E-state index contributed by atoms with van der Waals surface area (Å²) in [5.74, 6) is 0.533. The molecule has 2 aromatic rings. The van der Waals surface area contributed by atoms with E-state index in [1.54, 1.807) is 10.7 Å². The summed E-state index contributed by atoms with van der Waals surface area (Å²) in [5.41, 5.74) is 2.16. The van der Waals surface area contributed by atoms with Crippen LogP contribution in [0.4, 0.5) is 11.5 Å². The predicted molar refractivity (Wildman–Crippen MR) is 65.2 cm³/mol. The molecule has 0 unspecified atom stereocenters. The second-order valence-corrected chi connectivity index (χ2v) is 3.99. The Morgan fingerprint density at radius 2 is 2.24 bits per heavy atom. The number of nitriles is 1. The number of hydrogen-bond acceptors (Lipinski definition) is 4. The van der Waals surface area contributed by atoms with Crippen LogP contribution < -0.4 is 5.32 Å². The second kappa shape index (κ2) is 4.44. The summed E-state index contributed by atoms with van der Waals surface area (Å²) in [6.45, 7) is 1.89. The van der Waals surface area contributed by atoms with Gasteiger partial charge in [0.05, 0.1) is 23.0 Å². The molecule has 2 heterocycles. The van der Waals surface area contributed by atoms with Gasteiger partial charge in [0.15, 0.2) is 0 Å². The van der Waals surface area contributed by atoms with Crippen LogP contribution >= 0.6 is 11.6 Å². The lowest BCUT2D eigenvalue weighted by Crippen LogP contribution is -1.95. The van der Waals surface area contributed by atoms with Gasteiger partial charge in [-0.15, -0.1) is 0 Å². The zero-order valence-electron chi connectivity index (χ0n) is 9.40. The molecule has 0 fully saturated rings. The Morgan fingerprint density at radius 3 is 2.82 bits per heavy atom. The monoisotopic (exact) mass is 247 g/mol. The number of aromatic nitrogens is 3. The number of hydrogen-bond donors (Lipinski definition) is 1. The van der Waals surface area contributed by atoms with Crippen LogP contribution in [0.1, 0.15) is 11.3 Å². The normalized spacial score (nSPS) is 10.0. The summed E-state index contributed by atoms with van der Waals surface area (Å²) in [7, 11) is 1.84. The van der Waals surface area contributed by atoms with Gasteiger partial charge in [-0.05, 0) is 19.1 Å². The molecular formula is C11H10ClN5. The lowest BCUT2D eigenvalue weighted by atomic mass is 10.3. The third kappa shape index (κ3) is 2.55. The molecule has 6 heteroatoms. The third-order valence-electron chi connectivity index (χ3n) is 2.20. The van der Waals surface area contributed by atoms with Crippen LogP contribution in [0.15, 0.2) is 18.3 Å². The zero-order valence-corrected chi connectivity index (χ0v) is 10.2. The van der Waals surface area contributed by atoms with Crippen LogP contribution in [-0.4, -0.2) is 14.8 Å². The van der Waals surface area contributed by atoms with Gasteiger partial charge in [-0.3, -0.25) is 4.68 Å². The fourth-order valence-electron chi connectivity index (χ4n) is 1.49. The molecule has 0 saturated carbocycles. The molecule has 17 heavy (non-hydrogen) atoms. The van der Waals surface area contributed by atoms with E-state index in [0.29, 0.717) is 11.4 Å². The molecule has 0 atom stereocenters. The number of aryl methyl sites for hydroxylation is 2. The van der Waals surface area contributed by atoms with E-state index in [4.69, 9.17) is 16.9 Å². The standard InChI is InChI=1S/C11H10ClN5/c1-7-9(6-17(2)16-7)14-11-4-8(5-13)3-10(12)15-11/h3-4,6H,1-2H3,(H,14,15). The fraction of sp³-hybridized carbons (Fsp3) is 0.182. The maximum Gasteiger partial charge on any atom is 0.133 e. The number of pyridine rings is 1. The van der Waals surface area contributed by atoms with Crippen LogP contribution in [-0.2, 0) is 7.05 Å². The van der Waals surface area contributed by atoms with Gasteiger partial charge in [0.1, 0.15) is 11.0 Å². The number of anilines is 2. The molecular weight excluding hydrogens is 238 g/mol. The molecule has 0 amide bonds. The Kier molecular flexibility index (Phi) is 2.98. The van der Waals surface area contributed by atoms with Gasteiger partial charge in [0, 0.05) is 13.2 Å². The van der Waals surface area contributed by atoms with Gasteiger partial charge >= 0.3 is 0 Å². The Hall–Kier alpha value is -2.06. The number of nitrogens with one attached hydrogen (secondary N) is 1. The minimum absolute atomic E-state index is 0.285. The van der Waals surface area contributed by atoms with Crippen LogP contribution in [0.25, 0.3) is 0 Å². The first kappa shape index (κ1) is 11.4. The van der Waals surface area contributed by atoms with Crippen molar-refractivity contribution in [1.82, 2.24) is 14.8 Å². The number of halogens is 1. The molecule has 0 spiro atoms. The Labute approximate surface area is 104 Å². The van der Waals surface area contributed by atoms with Crippen molar-refractivity contribution in [3.05, 3.63) is 34.7 Å². The smallest absolute Gasteiger partial charge is 0.133 e. The van der Waals surface area contributed by atoms with Gasteiger partial charge in [-0.2, -0.15) is 10.4 Å². The minimum Gasteiger partial charge on any atom is -0.337 e. The van der Waals surface area contributed by atoms with Gasteiger partial charge in [0.25, 0.3) is 0 Å². The lowest BCUT2D eigenvalue weighted by Gasteiger charge is -2.04. The van der Waals surface area contributed by atoms with Gasteiger partial charge in [-0.25, -0.2) is 4.98 Å². The van der Waals surface area contributed by atoms with Gasteiger partial charge in [-0.1, -0.05) is 11.6 Å². The minimum atomic E-state index is 0.285. The highest BCUT2D eigenvalue weighted by atomic mass is 35.5. The number of rotatable bonds is 2. The highest BCUT2D eigenvalue weighted by molar-refractivity contribution is 6.29. The summed E-state index contributed by atoms with van der Waals surface area (Å²) in [5, 5.41) is 16.4. The van der Waals surface area contributed by atoms with Crippen molar-refractivity contribution in [2.75, 3.05) is 5.32 Å². The summed E-state index contributed by atoms with van der Waals surface area (Å²) in [6, 6.07) is 5.18. The molecule has 2 aromatic heterocycles. The van der Waals surface area contributed by atoms with Gasteiger partial charge in [0.2, 0.25) is 0 Å². The van der Waals surface area contributed by atoms with Crippen molar-refractivity contribution in [2.24, 2.45) is 7.05 Å². The highest BCUT2D eigenvalue weighted by Gasteiger charge is 2.06. The topological polar surface area (TPSA) is 66.5 Å². The molecule has 0 radical (unpaired) electrons. The molecule has 0 aromatic carbocycles. The molecule has 0 saturated heterocycles. The Morgan fingerprint density at radius 1 is 1.47 bits per heavy atom. The highest BCUT2D eigenvalue weighted by Crippen LogP contribution is 2.20. The second-order valence-electron chi connectivity index (χ2n) is 3.60. The predicted octanol–water partition coefficient (Wildman–Crippen LogP) is 2.39. The van der Waals surface area contributed by atoms with Crippen molar-refractivity contribution in [2.45, 2.75) is 6.92 Å². The summed E-state index contributed by atoms with van der Waals surface area (Å²) in [6.07, 6.45) is 1.84. The average molecular weight is 248 g/mol. The van der Waals surface area contributed by atoms with E-state index in [9.17, 15) is 0 Å². The fourth-order valence-corrected chi connectivity index (χ4v) is 1.69. The SMILES string of the molecule is Cc1nn(C)cc1Nc1cc(C#N)cc(Cl)n1. The zero-order chi connectivity index (χ0) is 12.4. The molecule has 86 valence electrons. The summed E-state index contributed by atoms with van der Waals surface area (Å²) >= 11 is 5.82. The first-order valence-electron chi connectivity index (χ1n) is 4.93. The molecule has 0 bridgehead atoms. The summed E-state index contributed by atoms with van der Waals surface area (Å²) in [4.78, 5) is 4.09. The van der Waals surface area contributed by atoms with E-state index >= 15 is 0 Å². The van der Waals surface area contributed by atoms with Crippen molar-refractivity contribution >= 4 is 23.1 Å². The first-order chi connectivity index (χ1) is 8.08. The van der Waals surface area contributed by atoms with E-state index in [-0.39, 0.29) is 5.15 Å². The van der Waals surface area contributed by atoms with E-state index in [2.05, 4.69) is 15.4 Å². The van der Waals surface area contributed by atoms with E-state index in [1.807, 2.05) is 26.2 Å². The van der Waals surface area contributed by atoms with Crippen LogP contribution in [0.2, 0.25) is 5.15 Å². The van der Waals surface area contributed by atoms with Crippen LogP contribution in [0, 0.1) is 18.3 Å². The van der Waals surface area contributed by atoms with E-state index < -0.39 is 0 Å². The summed E-state index contributed by atoms with van der Waals surface area (Å²) < 4.78 is 1.70. The lowest BCUT2D eigenvalue weighted by molar-refractivity contribution is 0.756.